The second kappa shape index (κ2) is 16.7. The molecule has 0 saturated heterocycles. The van der Waals surface area contributed by atoms with Crippen molar-refractivity contribution in [2.75, 3.05) is 18.6 Å². The summed E-state index contributed by atoms with van der Waals surface area (Å²) in [5.74, 6) is -0.771. The molecule has 1 aliphatic carbocycles. The summed E-state index contributed by atoms with van der Waals surface area (Å²) in [4.78, 5) is 46.0. The normalized spacial score (nSPS) is 15.6. The largest absolute Gasteiger partial charge is 0.481 e. The molecule has 0 aliphatic heterocycles. The van der Waals surface area contributed by atoms with Crippen LogP contribution in [0.5, 0.6) is 0 Å². The van der Waals surface area contributed by atoms with Crippen molar-refractivity contribution in [1.82, 2.24) is 25.6 Å². The number of amides is 2. The first-order valence-electron chi connectivity index (χ1n) is 15.7. The number of fused-ring (bicyclic) bond motifs is 1. The Hall–Kier alpha value is -3.30. The molecule has 2 aromatic heterocycles. The monoisotopic (exact) mass is 684 g/mol. The average molecular weight is 685 g/mol. The Morgan fingerprint density at radius 1 is 1.06 bits per heavy atom. The number of aromatic amines is 1. The highest BCUT2D eigenvalue weighted by atomic mass is 32.2. The molecular weight excluding hydrogens is 628 g/mol. The lowest BCUT2D eigenvalue weighted by Crippen LogP contribution is -2.46. The van der Waals surface area contributed by atoms with Crippen LogP contribution >= 0.6 is 0 Å². The standard InChI is InChI=1S/C17H24N4O3S.C9H17NO4.C6H15NO/c1-10(17(2,3)9-25(4,23)24)20-16(22)12-7-18-15-14(12)21-13(8-19-15)11-5-6-11;1-6(5-7(11)12)10-8(13)14-9(2,3)4;1-5(7)6(2,3)4-8/h7-8,10-11H,5-6,9H2,1-4H3,(H,18,19)(H,20,22);6H,5H2,1-4H3,(H,10,13)(H,11,12);5,8H,4,7H2,1-3H3/t10-;6-;5-/m000/s1. The number of nitrogens with zero attached hydrogens (tertiary/aromatic N) is 2. The number of nitrogens with two attached hydrogens (primary N) is 1. The number of ether oxygens (including phenoxy) is 1. The molecule has 0 spiro atoms. The van der Waals surface area contributed by atoms with Gasteiger partial charge in [-0.25, -0.2) is 23.2 Å². The first-order chi connectivity index (χ1) is 21.3. The Labute approximate surface area is 279 Å². The van der Waals surface area contributed by atoms with Crippen LogP contribution in [0.3, 0.4) is 0 Å². The van der Waals surface area contributed by atoms with E-state index >= 15 is 0 Å². The molecule has 0 aromatic carbocycles. The Morgan fingerprint density at radius 2 is 1.64 bits per heavy atom. The van der Waals surface area contributed by atoms with Crippen molar-refractivity contribution in [3.8, 4) is 0 Å². The second-order valence-corrected chi connectivity index (χ2v) is 16.9. The lowest BCUT2D eigenvalue weighted by atomic mass is 9.87. The zero-order chi connectivity index (χ0) is 36.5. The predicted octanol–water partition coefficient (Wildman–Crippen LogP) is 3.75. The van der Waals surface area contributed by atoms with Gasteiger partial charge in [0.2, 0.25) is 0 Å². The SMILES string of the molecule is C[C@@H](CC(=O)O)NC(=O)OC(C)(C)C.C[C@H](N)C(C)(C)CO.C[C@H](NC(=O)c1c[nH]c2ncc(C3CC3)nc12)C(C)(C)CS(C)(=O)=O. The van der Waals surface area contributed by atoms with Crippen LogP contribution in [0.1, 0.15) is 110 Å². The van der Waals surface area contributed by atoms with Gasteiger partial charge in [-0.3, -0.25) is 9.59 Å². The molecule has 3 atom stereocenters. The lowest BCUT2D eigenvalue weighted by molar-refractivity contribution is -0.137. The fourth-order valence-electron chi connectivity index (χ4n) is 3.89. The van der Waals surface area contributed by atoms with Gasteiger partial charge in [-0.1, -0.05) is 27.7 Å². The number of rotatable bonds is 11. The van der Waals surface area contributed by atoms with E-state index in [1.807, 2.05) is 41.5 Å². The molecule has 0 radical (unpaired) electrons. The minimum Gasteiger partial charge on any atom is -0.481 e. The van der Waals surface area contributed by atoms with Crippen LogP contribution < -0.4 is 16.4 Å². The number of carbonyl (C=O) groups is 3. The summed E-state index contributed by atoms with van der Waals surface area (Å²) in [5, 5.41) is 22.5. The molecule has 2 aromatic rings. The molecule has 14 nitrogen and oxygen atoms in total. The van der Waals surface area contributed by atoms with E-state index in [0.717, 1.165) is 18.5 Å². The molecule has 7 N–H and O–H groups in total. The van der Waals surface area contributed by atoms with Crippen LogP contribution in [0.25, 0.3) is 11.2 Å². The molecule has 2 heterocycles. The Morgan fingerprint density at radius 3 is 2.06 bits per heavy atom. The van der Waals surface area contributed by atoms with Crippen molar-refractivity contribution >= 4 is 39.0 Å². The summed E-state index contributed by atoms with van der Waals surface area (Å²) >= 11 is 0. The number of alkyl carbamates (subject to hydrolysis) is 1. The van der Waals surface area contributed by atoms with E-state index in [2.05, 4.69) is 25.6 Å². The van der Waals surface area contributed by atoms with Crippen LogP contribution in [-0.4, -0.2) is 93.9 Å². The molecule has 47 heavy (non-hydrogen) atoms. The molecule has 1 aliphatic rings. The Balaban J connectivity index is 0.000000423. The summed E-state index contributed by atoms with van der Waals surface area (Å²) in [6.45, 7) is 18.3. The number of hydrogen-bond acceptors (Lipinski definition) is 10. The maximum absolute atomic E-state index is 12.7. The molecule has 268 valence electrons. The van der Waals surface area contributed by atoms with Crippen molar-refractivity contribution < 1.29 is 37.8 Å². The molecule has 1 saturated carbocycles. The number of sulfone groups is 1. The van der Waals surface area contributed by atoms with Crippen LogP contribution in [0.4, 0.5) is 4.79 Å². The highest BCUT2D eigenvalue weighted by Gasteiger charge is 2.32. The van der Waals surface area contributed by atoms with Gasteiger partial charge in [0.05, 0.1) is 29.6 Å². The van der Waals surface area contributed by atoms with Crippen LogP contribution in [0, 0.1) is 10.8 Å². The molecule has 15 heteroatoms. The Kier molecular flexibility index (Phi) is 14.8. The maximum atomic E-state index is 12.7. The number of carbonyl (C=O) groups excluding carboxylic acids is 2. The molecule has 2 amide bonds. The first-order valence-corrected chi connectivity index (χ1v) is 17.7. The van der Waals surface area contributed by atoms with E-state index in [9.17, 15) is 22.8 Å². The van der Waals surface area contributed by atoms with Crippen LogP contribution in [0.15, 0.2) is 12.4 Å². The zero-order valence-electron chi connectivity index (χ0n) is 29.7. The number of hydrogen-bond donors (Lipinski definition) is 6. The predicted molar refractivity (Wildman–Crippen MR) is 182 cm³/mol. The summed E-state index contributed by atoms with van der Waals surface area (Å²) in [5.41, 5.74) is 6.76. The van der Waals surface area contributed by atoms with Crippen molar-refractivity contribution in [2.45, 2.75) is 118 Å². The number of carboxylic acid groups (broad SMARTS) is 1. The highest BCUT2D eigenvalue weighted by Crippen LogP contribution is 2.39. The Bertz CT molecular complexity index is 1460. The molecule has 3 rings (SSSR count). The van der Waals surface area contributed by atoms with Gasteiger partial charge in [0.25, 0.3) is 5.91 Å². The van der Waals surface area contributed by atoms with Crippen LogP contribution in [-0.2, 0) is 19.4 Å². The number of carboxylic acids is 1. The smallest absolute Gasteiger partial charge is 0.407 e. The molecular formula is C32H56N6O8S. The topological polar surface area (TPSA) is 227 Å². The fraction of sp³-hybridized carbons (Fsp3) is 0.719. The molecule has 0 unspecified atom stereocenters. The van der Waals surface area contributed by atoms with E-state index < -0.39 is 39.0 Å². The van der Waals surface area contributed by atoms with E-state index in [4.69, 9.17) is 20.7 Å². The van der Waals surface area contributed by atoms with Crippen molar-refractivity contribution in [3.05, 3.63) is 23.7 Å². The van der Waals surface area contributed by atoms with Gasteiger partial charge in [-0.05, 0) is 59.8 Å². The van der Waals surface area contributed by atoms with E-state index in [0.29, 0.717) is 22.6 Å². The second-order valence-electron chi connectivity index (χ2n) is 14.8. The van der Waals surface area contributed by atoms with Gasteiger partial charge >= 0.3 is 12.1 Å². The van der Waals surface area contributed by atoms with E-state index in [1.165, 1.54) is 6.26 Å². The van der Waals surface area contributed by atoms with Crippen molar-refractivity contribution in [3.63, 3.8) is 0 Å². The van der Waals surface area contributed by atoms with E-state index in [1.54, 1.807) is 40.1 Å². The first kappa shape index (κ1) is 41.7. The fourth-order valence-corrected chi connectivity index (χ4v) is 5.49. The van der Waals surface area contributed by atoms with Crippen molar-refractivity contribution in [2.24, 2.45) is 16.6 Å². The van der Waals surface area contributed by atoms with Crippen LogP contribution in [0.2, 0.25) is 0 Å². The van der Waals surface area contributed by atoms with Gasteiger partial charge in [0.1, 0.15) is 21.0 Å². The minimum absolute atomic E-state index is 0.000957. The summed E-state index contributed by atoms with van der Waals surface area (Å²) in [6.07, 6.45) is 6.09. The third kappa shape index (κ3) is 15.4. The van der Waals surface area contributed by atoms with Crippen molar-refractivity contribution in [1.29, 1.82) is 0 Å². The van der Waals surface area contributed by atoms with E-state index in [-0.39, 0.29) is 42.2 Å². The maximum Gasteiger partial charge on any atom is 0.407 e. The average Bonchev–Trinajstić information content (AvgIpc) is 3.64. The highest BCUT2D eigenvalue weighted by molar-refractivity contribution is 7.90. The van der Waals surface area contributed by atoms with Gasteiger partial charge in [-0.2, -0.15) is 0 Å². The third-order valence-electron chi connectivity index (χ3n) is 7.68. The number of aliphatic carboxylic acids is 1. The number of aliphatic hydroxyl groups is 1. The summed E-state index contributed by atoms with van der Waals surface area (Å²) in [6, 6.07) is -0.686. The number of aromatic nitrogens is 3. The lowest BCUT2D eigenvalue weighted by Gasteiger charge is -2.31. The summed E-state index contributed by atoms with van der Waals surface area (Å²) < 4.78 is 28.2. The number of H-pyrrole nitrogens is 1. The van der Waals surface area contributed by atoms with Gasteiger partial charge < -0.3 is 36.3 Å². The van der Waals surface area contributed by atoms with Gasteiger partial charge in [-0.15, -0.1) is 0 Å². The number of aliphatic hydroxyl groups excluding tert-OH is 1. The number of nitrogens with one attached hydrogen (secondary N) is 3. The van der Waals surface area contributed by atoms with Gasteiger partial charge in [0.15, 0.2) is 5.65 Å². The molecule has 1 fully saturated rings. The molecule has 0 bridgehead atoms. The third-order valence-corrected chi connectivity index (χ3v) is 8.95. The minimum atomic E-state index is -3.14. The quantitative estimate of drug-likeness (QED) is 0.200. The van der Waals surface area contributed by atoms with Gasteiger partial charge in [0, 0.05) is 48.5 Å². The summed E-state index contributed by atoms with van der Waals surface area (Å²) in [7, 11) is -3.14. The zero-order valence-corrected chi connectivity index (χ0v) is 30.5.